The number of ether oxygens (including phenoxy) is 2. The maximum absolute atomic E-state index is 14.4. The van der Waals surface area contributed by atoms with Crippen molar-refractivity contribution in [2.75, 3.05) is 13.2 Å². The second-order valence-electron chi connectivity index (χ2n) is 10.7. The van der Waals surface area contributed by atoms with Gasteiger partial charge in [-0.3, -0.25) is 14.4 Å². The number of hydrogen-bond acceptors (Lipinski definition) is 7. The van der Waals surface area contributed by atoms with Crippen molar-refractivity contribution >= 4 is 23.9 Å². The third-order valence-corrected chi connectivity index (χ3v) is 6.28. The highest BCUT2D eigenvalue weighted by molar-refractivity contribution is 5.93. The molecular weight excluding hydrogens is 526 g/mol. The number of benzene rings is 2. The van der Waals surface area contributed by atoms with Gasteiger partial charge in [-0.15, -0.1) is 0 Å². The van der Waals surface area contributed by atoms with Crippen molar-refractivity contribution in [3.8, 4) is 5.75 Å². The Hall–Kier alpha value is -4.08. The molecule has 0 aromatic heterocycles. The standard InChI is InChI=1S/C31H43N3O7/c1-7-21(3)34(27(23-16-12-13-17-25(23)35)28(37)32-19-18-26(36)40-8-2)29(38)24(20-22-14-10-9-11-15-22)33-30(39)41-31(4,5)6/h9-17,21,24,27,35H,7-8,18-20H2,1-6H3,(H,32,37)(H,33,39). The quantitative estimate of drug-likeness (QED) is 0.307. The van der Waals surface area contributed by atoms with E-state index in [1.165, 1.54) is 11.0 Å². The lowest BCUT2D eigenvalue weighted by Crippen LogP contribution is -2.56. The number of carbonyl (C=O) groups is 4. The van der Waals surface area contributed by atoms with Crippen LogP contribution in [-0.4, -0.2) is 64.7 Å². The predicted molar refractivity (Wildman–Crippen MR) is 155 cm³/mol. The number of carbonyl (C=O) groups excluding carboxylic acids is 4. The molecule has 0 aliphatic carbocycles. The van der Waals surface area contributed by atoms with Crippen molar-refractivity contribution in [1.82, 2.24) is 15.5 Å². The molecule has 0 aliphatic heterocycles. The average Bonchev–Trinajstić information content (AvgIpc) is 2.90. The Bertz CT molecular complexity index is 1160. The summed E-state index contributed by atoms with van der Waals surface area (Å²) in [4.78, 5) is 54.2. The number of alkyl carbamates (subject to hydrolysis) is 1. The summed E-state index contributed by atoms with van der Waals surface area (Å²) in [6.07, 6.45) is -0.199. The lowest BCUT2D eigenvalue weighted by Gasteiger charge is -2.38. The first kappa shape index (κ1) is 33.1. The fourth-order valence-corrected chi connectivity index (χ4v) is 4.23. The van der Waals surface area contributed by atoms with Crippen molar-refractivity contribution < 1.29 is 33.8 Å². The Morgan fingerprint density at radius 1 is 0.976 bits per heavy atom. The Balaban J connectivity index is 2.52. The zero-order valence-electron chi connectivity index (χ0n) is 24.8. The summed E-state index contributed by atoms with van der Waals surface area (Å²) in [5, 5.41) is 16.2. The van der Waals surface area contributed by atoms with E-state index in [2.05, 4.69) is 10.6 Å². The van der Waals surface area contributed by atoms with Gasteiger partial charge in [0.1, 0.15) is 23.4 Å². The van der Waals surface area contributed by atoms with Crippen LogP contribution in [0.5, 0.6) is 5.75 Å². The molecule has 0 spiro atoms. The van der Waals surface area contributed by atoms with Gasteiger partial charge >= 0.3 is 12.1 Å². The van der Waals surface area contributed by atoms with Crippen LogP contribution in [0.1, 0.15) is 71.6 Å². The zero-order chi connectivity index (χ0) is 30.6. The Morgan fingerprint density at radius 3 is 2.20 bits per heavy atom. The van der Waals surface area contributed by atoms with E-state index in [-0.39, 0.29) is 37.3 Å². The van der Waals surface area contributed by atoms with Crippen LogP contribution in [0.25, 0.3) is 0 Å². The van der Waals surface area contributed by atoms with Crippen molar-refractivity contribution in [2.45, 2.75) is 84.5 Å². The van der Waals surface area contributed by atoms with Crippen LogP contribution in [0.3, 0.4) is 0 Å². The molecule has 0 radical (unpaired) electrons. The summed E-state index contributed by atoms with van der Waals surface area (Å²) >= 11 is 0. The van der Waals surface area contributed by atoms with E-state index in [1.807, 2.05) is 37.3 Å². The Labute approximate surface area is 242 Å². The molecule has 3 amide bonds. The SMILES string of the molecule is CCOC(=O)CCNC(=O)C(c1ccccc1O)N(C(=O)C(Cc1ccccc1)NC(=O)OC(C)(C)C)C(C)CC. The minimum Gasteiger partial charge on any atom is -0.508 e. The van der Waals surface area contributed by atoms with Crippen LogP contribution in [0.15, 0.2) is 54.6 Å². The van der Waals surface area contributed by atoms with E-state index in [4.69, 9.17) is 9.47 Å². The first-order chi connectivity index (χ1) is 19.4. The molecule has 0 saturated heterocycles. The van der Waals surface area contributed by atoms with E-state index in [1.54, 1.807) is 52.8 Å². The van der Waals surface area contributed by atoms with E-state index >= 15 is 0 Å². The molecule has 0 fully saturated rings. The van der Waals surface area contributed by atoms with Crippen LogP contribution in [0.4, 0.5) is 4.79 Å². The number of esters is 1. The van der Waals surface area contributed by atoms with Gasteiger partial charge < -0.3 is 30.1 Å². The number of para-hydroxylation sites is 1. The first-order valence-corrected chi connectivity index (χ1v) is 13.9. The number of rotatable bonds is 13. The summed E-state index contributed by atoms with van der Waals surface area (Å²) in [7, 11) is 0. The minimum atomic E-state index is -1.25. The van der Waals surface area contributed by atoms with Crippen LogP contribution in [0.2, 0.25) is 0 Å². The van der Waals surface area contributed by atoms with Gasteiger partial charge in [0, 0.05) is 24.6 Å². The number of phenolic OH excluding ortho intramolecular Hbond substituents is 1. The smallest absolute Gasteiger partial charge is 0.408 e. The Kier molecular flexibility index (Phi) is 12.6. The number of phenols is 1. The highest BCUT2D eigenvalue weighted by Crippen LogP contribution is 2.32. The molecule has 3 unspecified atom stereocenters. The van der Waals surface area contributed by atoms with Crippen molar-refractivity contribution in [2.24, 2.45) is 0 Å². The van der Waals surface area contributed by atoms with Gasteiger partial charge in [-0.25, -0.2) is 4.79 Å². The van der Waals surface area contributed by atoms with E-state index in [9.17, 15) is 24.3 Å². The normalized spacial score (nSPS) is 13.3. The summed E-state index contributed by atoms with van der Waals surface area (Å²) in [5.74, 6) is -1.74. The van der Waals surface area contributed by atoms with E-state index in [0.29, 0.717) is 6.42 Å². The highest BCUT2D eigenvalue weighted by Gasteiger charge is 2.39. The van der Waals surface area contributed by atoms with Crippen LogP contribution in [0, 0.1) is 0 Å². The third kappa shape index (κ3) is 10.4. The maximum atomic E-state index is 14.4. The van der Waals surface area contributed by atoms with Gasteiger partial charge in [0.25, 0.3) is 0 Å². The molecule has 224 valence electrons. The van der Waals surface area contributed by atoms with Gasteiger partial charge in [0.2, 0.25) is 11.8 Å². The monoisotopic (exact) mass is 569 g/mol. The number of aromatic hydroxyl groups is 1. The molecule has 3 atom stereocenters. The summed E-state index contributed by atoms with van der Waals surface area (Å²) in [5.41, 5.74) is 0.215. The predicted octanol–water partition coefficient (Wildman–Crippen LogP) is 4.27. The van der Waals surface area contributed by atoms with Gasteiger partial charge in [-0.1, -0.05) is 55.5 Å². The fraction of sp³-hybridized carbons (Fsp3) is 0.484. The second-order valence-corrected chi connectivity index (χ2v) is 10.7. The van der Waals surface area contributed by atoms with Crippen LogP contribution in [-0.2, 0) is 30.3 Å². The number of hydrogen-bond donors (Lipinski definition) is 3. The van der Waals surface area contributed by atoms with Crippen molar-refractivity contribution in [3.05, 3.63) is 65.7 Å². The molecule has 0 saturated carbocycles. The van der Waals surface area contributed by atoms with Crippen LogP contribution >= 0.6 is 0 Å². The first-order valence-electron chi connectivity index (χ1n) is 13.9. The van der Waals surface area contributed by atoms with Crippen molar-refractivity contribution in [3.63, 3.8) is 0 Å². The summed E-state index contributed by atoms with van der Waals surface area (Å²) in [6.45, 7) is 10.7. The minimum absolute atomic E-state index is 0.0199. The molecule has 3 N–H and O–H groups in total. The van der Waals surface area contributed by atoms with Gasteiger partial charge in [-0.05, 0) is 52.7 Å². The molecule has 10 heteroatoms. The van der Waals surface area contributed by atoms with Gasteiger partial charge in [-0.2, -0.15) is 0 Å². The number of nitrogens with zero attached hydrogens (tertiary/aromatic N) is 1. The molecule has 0 aliphatic rings. The van der Waals surface area contributed by atoms with Gasteiger partial charge in [0.05, 0.1) is 13.0 Å². The Morgan fingerprint density at radius 2 is 1.61 bits per heavy atom. The lowest BCUT2D eigenvalue weighted by atomic mass is 9.97. The summed E-state index contributed by atoms with van der Waals surface area (Å²) < 4.78 is 10.4. The molecule has 10 nitrogen and oxygen atoms in total. The number of nitrogens with one attached hydrogen (secondary N) is 2. The molecule has 0 bridgehead atoms. The molecule has 41 heavy (non-hydrogen) atoms. The van der Waals surface area contributed by atoms with Gasteiger partial charge in [0.15, 0.2) is 0 Å². The lowest BCUT2D eigenvalue weighted by molar-refractivity contribution is -0.146. The topological polar surface area (TPSA) is 134 Å². The maximum Gasteiger partial charge on any atom is 0.408 e. The summed E-state index contributed by atoms with van der Waals surface area (Å²) in [6, 6.07) is 12.7. The van der Waals surface area contributed by atoms with Crippen LogP contribution < -0.4 is 10.6 Å². The number of amides is 3. The second kappa shape index (κ2) is 15.6. The van der Waals surface area contributed by atoms with Crippen molar-refractivity contribution in [1.29, 1.82) is 0 Å². The molecule has 2 aromatic rings. The molecule has 2 rings (SSSR count). The third-order valence-electron chi connectivity index (χ3n) is 6.28. The highest BCUT2D eigenvalue weighted by atomic mass is 16.6. The van der Waals surface area contributed by atoms with E-state index in [0.717, 1.165) is 5.56 Å². The fourth-order valence-electron chi connectivity index (χ4n) is 4.23. The molecule has 2 aromatic carbocycles. The van der Waals surface area contributed by atoms with E-state index < -0.39 is 47.6 Å². The zero-order valence-corrected chi connectivity index (χ0v) is 24.8. The molecular formula is C31H43N3O7. The molecule has 0 heterocycles. The average molecular weight is 570 g/mol. The largest absolute Gasteiger partial charge is 0.508 e.